The number of benzene rings is 2. The first-order valence-corrected chi connectivity index (χ1v) is 7.84. The molecule has 1 N–H and O–H groups in total. The van der Waals surface area contributed by atoms with Crippen LogP contribution in [0.4, 0.5) is 0 Å². The molecule has 0 saturated carbocycles. The number of methoxy groups -OCH3 is 4. The smallest absolute Gasteiger partial charge is 0.304 e. The van der Waals surface area contributed by atoms with Crippen LogP contribution in [-0.2, 0) is 15.3 Å². The molecule has 0 unspecified atom stereocenters. The van der Waals surface area contributed by atoms with Crippen LogP contribution >= 0.6 is 0 Å². The van der Waals surface area contributed by atoms with E-state index in [-0.39, 0.29) is 11.3 Å². The number of hydrogen-bond donors (Lipinski definition) is 1. The van der Waals surface area contributed by atoms with Crippen molar-refractivity contribution in [1.29, 1.82) is 0 Å². The van der Waals surface area contributed by atoms with Gasteiger partial charge in [0, 0.05) is 25.8 Å². The van der Waals surface area contributed by atoms with E-state index < -0.39 is 17.4 Å². The Balaban J connectivity index is 2.22. The molecule has 138 valence electrons. The van der Waals surface area contributed by atoms with E-state index in [4.69, 9.17) is 23.7 Å². The van der Waals surface area contributed by atoms with Gasteiger partial charge >= 0.3 is 5.79 Å². The minimum atomic E-state index is -2.39. The molecule has 0 aromatic heterocycles. The number of carbonyl (C=O) groups is 1. The van der Waals surface area contributed by atoms with Crippen molar-refractivity contribution in [2.45, 2.75) is 11.6 Å². The summed E-state index contributed by atoms with van der Waals surface area (Å²) in [6.45, 7) is 0. The van der Waals surface area contributed by atoms with Gasteiger partial charge in [-0.3, -0.25) is 4.79 Å². The van der Waals surface area contributed by atoms with Crippen molar-refractivity contribution in [3.8, 4) is 17.2 Å². The van der Waals surface area contributed by atoms with Crippen molar-refractivity contribution < 1.29 is 33.6 Å². The van der Waals surface area contributed by atoms with E-state index in [0.29, 0.717) is 17.1 Å². The molecule has 0 bridgehead atoms. The molecule has 2 atom stereocenters. The lowest BCUT2D eigenvalue weighted by Crippen LogP contribution is -2.64. The first kappa shape index (κ1) is 18.2. The summed E-state index contributed by atoms with van der Waals surface area (Å²) in [6.07, 6.45) is 0. The predicted octanol–water partition coefficient (Wildman–Crippen LogP) is 2.11. The van der Waals surface area contributed by atoms with Crippen LogP contribution in [0.2, 0.25) is 0 Å². The fourth-order valence-electron chi connectivity index (χ4n) is 3.05. The van der Waals surface area contributed by atoms with E-state index >= 15 is 0 Å². The van der Waals surface area contributed by atoms with Crippen LogP contribution in [0.5, 0.6) is 17.2 Å². The molecule has 7 nitrogen and oxygen atoms in total. The van der Waals surface area contributed by atoms with Gasteiger partial charge in [0.25, 0.3) is 5.79 Å². The van der Waals surface area contributed by atoms with E-state index in [1.54, 1.807) is 36.4 Å². The third kappa shape index (κ3) is 2.44. The first-order valence-electron chi connectivity index (χ1n) is 7.84. The van der Waals surface area contributed by atoms with Gasteiger partial charge in [-0.1, -0.05) is 0 Å². The number of fused-ring (bicyclic) bond motifs is 1. The van der Waals surface area contributed by atoms with Crippen LogP contribution in [0.15, 0.2) is 42.5 Å². The number of rotatable bonds is 5. The molecule has 3 rings (SSSR count). The van der Waals surface area contributed by atoms with Gasteiger partial charge in [-0.25, -0.2) is 0 Å². The molecule has 0 amide bonds. The minimum absolute atomic E-state index is 0.163. The maximum atomic E-state index is 13.0. The monoisotopic (exact) mass is 360 g/mol. The highest BCUT2D eigenvalue weighted by Crippen LogP contribution is 2.47. The highest BCUT2D eigenvalue weighted by atomic mass is 16.8. The van der Waals surface area contributed by atoms with Crippen molar-refractivity contribution in [3.05, 3.63) is 53.6 Å². The molecular weight excluding hydrogens is 340 g/mol. The highest BCUT2D eigenvalue weighted by Gasteiger charge is 2.64. The highest BCUT2D eigenvalue weighted by molar-refractivity contribution is 6.05. The zero-order valence-corrected chi connectivity index (χ0v) is 14.9. The lowest BCUT2D eigenvalue weighted by Gasteiger charge is -2.46. The zero-order valence-electron chi connectivity index (χ0n) is 14.9. The fourth-order valence-corrected chi connectivity index (χ4v) is 3.05. The van der Waals surface area contributed by atoms with Crippen molar-refractivity contribution in [3.63, 3.8) is 0 Å². The average Bonchev–Trinajstić information content (AvgIpc) is 2.70. The Bertz CT molecular complexity index is 817. The van der Waals surface area contributed by atoms with Crippen molar-refractivity contribution >= 4 is 5.78 Å². The number of ketones is 1. The van der Waals surface area contributed by atoms with Crippen molar-refractivity contribution in [1.82, 2.24) is 0 Å². The molecule has 2 aromatic carbocycles. The van der Waals surface area contributed by atoms with E-state index in [1.165, 1.54) is 34.5 Å². The topological polar surface area (TPSA) is 83.5 Å². The summed E-state index contributed by atoms with van der Waals surface area (Å²) >= 11 is 0. The van der Waals surface area contributed by atoms with Gasteiger partial charge in [0.1, 0.15) is 17.2 Å². The molecule has 0 aliphatic carbocycles. The van der Waals surface area contributed by atoms with Crippen LogP contribution in [0.3, 0.4) is 0 Å². The van der Waals surface area contributed by atoms with E-state index in [2.05, 4.69) is 0 Å². The van der Waals surface area contributed by atoms with Crippen LogP contribution < -0.4 is 14.2 Å². The molecule has 1 aliphatic heterocycles. The Kier molecular flexibility index (Phi) is 4.62. The molecular formula is C19H20O7. The van der Waals surface area contributed by atoms with Crippen molar-refractivity contribution in [2.24, 2.45) is 0 Å². The Hall–Kier alpha value is -2.61. The summed E-state index contributed by atoms with van der Waals surface area (Å²) in [5, 5.41) is 11.1. The second-order valence-corrected chi connectivity index (χ2v) is 5.69. The van der Waals surface area contributed by atoms with E-state index in [0.717, 1.165) is 0 Å². The molecule has 7 heteroatoms. The van der Waals surface area contributed by atoms with Crippen molar-refractivity contribution in [2.75, 3.05) is 28.4 Å². The third-order valence-electron chi connectivity index (χ3n) is 4.49. The normalized spacial score (nSPS) is 24.6. The summed E-state index contributed by atoms with van der Waals surface area (Å²) < 4.78 is 27.1. The minimum Gasteiger partial charge on any atom is -0.497 e. The van der Waals surface area contributed by atoms with Crippen LogP contribution in [-0.4, -0.2) is 45.1 Å². The molecule has 0 fully saturated rings. The molecule has 0 radical (unpaired) electrons. The van der Waals surface area contributed by atoms with Gasteiger partial charge < -0.3 is 28.8 Å². The summed E-state index contributed by atoms with van der Waals surface area (Å²) in [6, 6.07) is 11.3. The van der Waals surface area contributed by atoms with E-state index in [9.17, 15) is 9.90 Å². The summed E-state index contributed by atoms with van der Waals surface area (Å²) in [5.41, 5.74) is 0.545. The summed E-state index contributed by atoms with van der Waals surface area (Å²) in [7, 11) is 5.58. The number of aliphatic hydroxyl groups is 1. The van der Waals surface area contributed by atoms with Gasteiger partial charge in [-0.2, -0.15) is 0 Å². The van der Waals surface area contributed by atoms with Crippen LogP contribution in [0.1, 0.15) is 15.9 Å². The van der Waals surface area contributed by atoms with Gasteiger partial charge in [0.15, 0.2) is 0 Å². The number of ether oxygens (including phenoxy) is 5. The Morgan fingerprint density at radius 1 is 0.885 bits per heavy atom. The van der Waals surface area contributed by atoms with Gasteiger partial charge in [0.05, 0.1) is 19.8 Å². The van der Waals surface area contributed by atoms with Gasteiger partial charge in [-0.15, -0.1) is 0 Å². The van der Waals surface area contributed by atoms with Crippen LogP contribution in [0, 0.1) is 0 Å². The molecule has 0 spiro atoms. The Morgan fingerprint density at radius 3 is 2.04 bits per heavy atom. The Labute approximate surface area is 151 Å². The Morgan fingerprint density at radius 2 is 1.50 bits per heavy atom. The lowest BCUT2D eigenvalue weighted by atomic mass is 9.86. The van der Waals surface area contributed by atoms with Gasteiger partial charge in [0.2, 0.25) is 5.78 Å². The molecule has 1 heterocycles. The number of hydrogen-bond acceptors (Lipinski definition) is 7. The maximum Gasteiger partial charge on any atom is 0.304 e. The second kappa shape index (κ2) is 6.60. The standard InChI is InChI=1S/C19H20O7/c1-22-13-7-5-12(6-8-13)19(25-4)18(21,24-3)17(20)15-10-9-14(23-2)11-16(15)26-19/h5-11,21H,1-4H3/t18-,19+/m0/s1. The first-order chi connectivity index (χ1) is 12.5. The summed E-state index contributed by atoms with van der Waals surface area (Å²) in [4.78, 5) is 13.0. The molecule has 26 heavy (non-hydrogen) atoms. The maximum absolute atomic E-state index is 13.0. The SMILES string of the molecule is COc1ccc([C@@]2(OC)Oc3cc(OC)ccc3C(=O)[C@]2(O)OC)cc1. The largest absolute Gasteiger partial charge is 0.497 e. The molecule has 0 saturated heterocycles. The average molecular weight is 360 g/mol. The second-order valence-electron chi connectivity index (χ2n) is 5.69. The van der Waals surface area contributed by atoms with E-state index in [1.807, 2.05) is 0 Å². The third-order valence-corrected chi connectivity index (χ3v) is 4.49. The quantitative estimate of drug-likeness (QED) is 0.818. The molecule has 2 aromatic rings. The zero-order chi connectivity index (χ0) is 18.9. The number of carbonyl (C=O) groups excluding carboxylic acids is 1. The summed E-state index contributed by atoms with van der Waals surface area (Å²) in [5.74, 6) is -3.66. The number of Topliss-reactive ketones (excluding diaryl/α,β-unsaturated/α-hetero) is 1. The lowest BCUT2D eigenvalue weighted by molar-refractivity contribution is -0.346. The predicted molar refractivity (Wildman–Crippen MR) is 91.6 cm³/mol. The molecule has 1 aliphatic rings. The fraction of sp³-hybridized carbons (Fsp3) is 0.316. The van der Waals surface area contributed by atoms with Gasteiger partial charge in [-0.05, 0) is 36.4 Å². The van der Waals surface area contributed by atoms with Crippen LogP contribution in [0.25, 0.3) is 0 Å².